The fourth-order valence-corrected chi connectivity index (χ4v) is 3.98. The van der Waals surface area contributed by atoms with Crippen molar-refractivity contribution in [3.05, 3.63) is 126 Å². The Morgan fingerprint density at radius 3 is 2.02 bits per heavy atom. The van der Waals surface area contributed by atoms with Crippen molar-refractivity contribution in [2.75, 3.05) is 38.5 Å². The maximum Gasteiger partial charge on any atom is 0.337 e. The second-order valence-electron chi connectivity index (χ2n) is 10.4. The van der Waals surface area contributed by atoms with Crippen LogP contribution in [0.2, 0.25) is 0 Å². The van der Waals surface area contributed by atoms with E-state index in [0.29, 0.717) is 29.6 Å². The number of nitrogens with one attached hydrogen (secondary N) is 2. The van der Waals surface area contributed by atoms with Crippen molar-refractivity contribution in [2.24, 2.45) is 22.9 Å². The van der Waals surface area contributed by atoms with Crippen LogP contribution in [-0.4, -0.2) is 76.5 Å². The number of nitrogens with two attached hydrogens (primary N) is 4. The summed E-state index contributed by atoms with van der Waals surface area (Å²) in [6.45, 7) is 0.0334. The second-order valence-corrected chi connectivity index (χ2v) is 10.4. The number of carbonyl (C=O) groups is 4. The van der Waals surface area contributed by atoms with Gasteiger partial charge in [0.05, 0.1) is 29.3 Å². The highest BCUT2D eigenvalue weighted by Crippen LogP contribution is 2.24. The van der Waals surface area contributed by atoms with E-state index in [2.05, 4.69) is 25.3 Å². The molecule has 17 nitrogen and oxygen atoms in total. The van der Waals surface area contributed by atoms with Crippen molar-refractivity contribution in [3.8, 4) is 5.75 Å². The van der Waals surface area contributed by atoms with E-state index < -0.39 is 17.7 Å². The van der Waals surface area contributed by atoms with E-state index in [1.54, 1.807) is 50.8 Å². The molecule has 0 spiro atoms. The number of ether oxygens (including phenoxy) is 2. The number of allylic oxidation sites excluding steroid dienone is 5. The van der Waals surface area contributed by atoms with Crippen LogP contribution in [0.3, 0.4) is 0 Å². The minimum atomic E-state index is -1.30. The van der Waals surface area contributed by atoms with Gasteiger partial charge in [0.25, 0.3) is 5.91 Å². The largest absolute Gasteiger partial charge is 0.493 e. The molecular formula is C35H41FN10O7. The van der Waals surface area contributed by atoms with Crippen LogP contribution in [0.25, 0.3) is 11.6 Å². The third kappa shape index (κ3) is 13.6. The van der Waals surface area contributed by atoms with Crippen LogP contribution in [-0.2, 0) is 20.7 Å². The molecule has 2 aromatic carbocycles. The number of hydrogen-bond donors (Lipinski definition) is 7. The summed E-state index contributed by atoms with van der Waals surface area (Å²) in [7, 11) is 4.87. The zero-order chi connectivity index (χ0) is 39.3. The van der Waals surface area contributed by atoms with Gasteiger partial charge in [0, 0.05) is 63.7 Å². The van der Waals surface area contributed by atoms with Gasteiger partial charge in [0.1, 0.15) is 35.9 Å². The van der Waals surface area contributed by atoms with Crippen LogP contribution in [0.15, 0.2) is 103 Å². The molecule has 1 amide bonds. The molecule has 11 N–H and O–H groups in total. The number of aromatic nitrogens is 4. The molecule has 0 radical (unpaired) electrons. The van der Waals surface area contributed by atoms with Crippen molar-refractivity contribution in [1.29, 1.82) is 0 Å². The highest BCUT2D eigenvalue weighted by atomic mass is 19.1. The topological polar surface area (TPSA) is 271 Å². The number of imidazole rings is 2. The Labute approximate surface area is 304 Å². The van der Waals surface area contributed by atoms with E-state index in [1.165, 1.54) is 65.7 Å². The Hall–Kier alpha value is -7.21. The molecule has 0 saturated carbocycles. The molecule has 2 aromatic heterocycles. The summed E-state index contributed by atoms with van der Waals surface area (Å²) in [6, 6.07) is 6.71. The van der Waals surface area contributed by atoms with Gasteiger partial charge in [0.2, 0.25) is 0 Å². The predicted molar refractivity (Wildman–Crippen MR) is 197 cm³/mol. The Balaban J connectivity index is 0.000000504. The minimum Gasteiger partial charge on any atom is -0.493 e. The fourth-order valence-electron chi connectivity index (χ4n) is 3.98. The molecule has 53 heavy (non-hydrogen) atoms. The SMILES string of the molecule is CNc1cc(CCOc2ccc(NC(=O)/C(N)=C/C=C(\N)n3ccnc3)c(C(=O)O)c2)c(F)cc1C=O.COC.N/C(C=O)=C\C=C(/N)n1ccnc1. The molecule has 0 bridgehead atoms. The summed E-state index contributed by atoms with van der Waals surface area (Å²) in [6.07, 6.45) is 16.4. The number of nitrogens with zero attached hydrogens (tertiary/aromatic N) is 4. The number of carboxylic acid groups (broad SMARTS) is 1. The van der Waals surface area contributed by atoms with Gasteiger partial charge < -0.3 is 48.1 Å². The van der Waals surface area contributed by atoms with Gasteiger partial charge in [-0.2, -0.15) is 0 Å². The number of aldehydes is 2. The average molecular weight is 733 g/mol. The van der Waals surface area contributed by atoms with Crippen LogP contribution < -0.4 is 38.3 Å². The van der Waals surface area contributed by atoms with Gasteiger partial charge in [-0.05, 0) is 60.2 Å². The molecule has 0 fully saturated rings. The monoisotopic (exact) mass is 732 g/mol. The first-order valence-corrected chi connectivity index (χ1v) is 15.3. The molecule has 280 valence electrons. The number of aromatic carboxylic acids is 1. The van der Waals surface area contributed by atoms with Crippen molar-refractivity contribution >= 4 is 47.5 Å². The van der Waals surface area contributed by atoms with Gasteiger partial charge in [-0.25, -0.2) is 19.2 Å². The Bertz CT molecular complexity index is 1960. The van der Waals surface area contributed by atoms with Crippen LogP contribution >= 0.6 is 0 Å². The lowest BCUT2D eigenvalue weighted by molar-refractivity contribution is -0.113. The van der Waals surface area contributed by atoms with E-state index >= 15 is 0 Å². The van der Waals surface area contributed by atoms with Crippen LogP contribution in [0.1, 0.15) is 26.3 Å². The third-order valence-electron chi connectivity index (χ3n) is 6.61. The molecule has 0 aliphatic rings. The molecule has 0 atom stereocenters. The zero-order valence-corrected chi connectivity index (χ0v) is 29.1. The van der Waals surface area contributed by atoms with Crippen molar-refractivity contribution in [3.63, 3.8) is 0 Å². The fraction of sp³-hybridized carbons (Fsp3) is 0.143. The molecule has 18 heteroatoms. The van der Waals surface area contributed by atoms with Gasteiger partial charge in [-0.3, -0.25) is 23.5 Å². The lowest BCUT2D eigenvalue weighted by atomic mass is 10.1. The maximum absolute atomic E-state index is 14.3. The molecule has 4 aromatic rings. The van der Waals surface area contributed by atoms with E-state index in [-0.39, 0.29) is 52.8 Å². The average Bonchev–Trinajstić information content (AvgIpc) is 3.90. The Morgan fingerprint density at radius 2 is 1.51 bits per heavy atom. The summed E-state index contributed by atoms with van der Waals surface area (Å²) in [5, 5.41) is 14.9. The maximum atomic E-state index is 14.3. The standard InChI is InChI=1S/C25H25FN6O5.C8H10N4O.C2H6O/c1-29-22-11-15(19(26)10-16(22)13-33)6-9-37-17-2-4-21(18(12-17)25(35)36)31-24(34)20(27)3-5-23(28)32-8-7-30-14-32;9-7(5-13)1-2-8(10)12-4-3-11-6-12;1-3-2/h2-5,7-8,10-14,29H,6,9,27-28H2,1H3,(H,31,34)(H,35,36);1-6H,9-10H2;1-2H3/b20-3-,23-5+;7-1-,8-2+;. The third-order valence-corrected chi connectivity index (χ3v) is 6.61. The predicted octanol–water partition coefficient (Wildman–Crippen LogP) is 2.38. The number of methoxy groups -OCH3 is 1. The van der Waals surface area contributed by atoms with Crippen LogP contribution in [0.4, 0.5) is 15.8 Å². The summed E-state index contributed by atoms with van der Waals surface area (Å²) in [5.74, 6) is -1.68. The summed E-state index contributed by atoms with van der Waals surface area (Å²) >= 11 is 0. The Kier molecular flexibility index (Phi) is 17.2. The highest BCUT2D eigenvalue weighted by Gasteiger charge is 2.16. The molecule has 0 aliphatic heterocycles. The van der Waals surface area contributed by atoms with E-state index in [1.807, 2.05) is 0 Å². The van der Waals surface area contributed by atoms with Gasteiger partial charge in [-0.1, -0.05) is 0 Å². The summed E-state index contributed by atoms with van der Waals surface area (Å²) in [5.41, 5.74) is 23.2. The lowest BCUT2D eigenvalue weighted by Crippen LogP contribution is -2.21. The van der Waals surface area contributed by atoms with Crippen molar-refractivity contribution in [1.82, 2.24) is 19.1 Å². The normalized spacial score (nSPS) is 11.6. The number of halogens is 1. The number of benzene rings is 2. The number of amides is 1. The van der Waals surface area contributed by atoms with Crippen LogP contribution in [0.5, 0.6) is 5.75 Å². The first kappa shape index (κ1) is 42.0. The Morgan fingerprint density at radius 1 is 0.906 bits per heavy atom. The molecule has 0 unspecified atom stereocenters. The number of hydrogen-bond acceptors (Lipinski definition) is 13. The van der Waals surface area contributed by atoms with Crippen LogP contribution in [0, 0.1) is 5.82 Å². The van der Waals surface area contributed by atoms with E-state index in [0.717, 1.165) is 6.07 Å². The first-order valence-electron chi connectivity index (χ1n) is 15.3. The molecule has 0 aliphatic carbocycles. The first-order chi connectivity index (χ1) is 25.4. The summed E-state index contributed by atoms with van der Waals surface area (Å²) in [4.78, 5) is 53.1. The molecule has 0 saturated heterocycles. The molecular weight excluding hydrogens is 691 g/mol. The highest BCUT2D eigenvalue weighted by molar-refractivity contribution is 6.07. The molecule has 4 rings (SSSR count). The van der Waals surface area contributed by atoms with Gasteiger partial charge >= 0.3 is 5.97 Å². The van der Waals surface area contributed by atoms with Crippen molar-refractivity contribution < 1.29 is 38.1 Å². The number of anilines is 2. The number of carboxylic acids is 1. The second kappa shape index (κ2) is 21.8. The number of rotatable bonds is 14. The lowest BCUT2D eigenvalue weighted by Gasteiger charge is -2.13. The van der Waals surface area contributed by atoms with Crippen molar-refractivity contribution in [2.45, 2.75) is 6.42 Å². The van der Waals surface area contributed by atoms with E-state index in [9.17, 15) is 28.7 Å². The molecule has 2 heterocycles. The zero-order valence-electron chi connectivity index (χ0n) is 29.1. The van der Waals surface area contributed by atoms with Gasteiger partial charge in [-0.15, -0.1) is 0 Å². The number of carbonyl (C=O) groups excluding carboxylic acids is 3. The minimum absolute atomic E-state index is 0.00178. The smallest absolute Gasteiger partial charge is 0.337 e. The van der Waals surface area contributed by atoms with E-state index in [4.69, 9.17) is 27.7 Å². The van der Waals surface area contributed by atoms with Gasteiger partial charge in [0.15, 0.2) is 12.6 Å². The quantitative estimate of drug-likeness (QED) is 0.0557. The summed E-state index contributed by atoms with van der Waals surface area (Å²) < 4.78 is 27.2.